The summed E-state index contributed by atoms with van der Waals surface area (Å²) in [6.45, 7) is 3.34. The number of carbonyl (C=O) groups is 1. The van der Waals surface area contributed by atoms with Crippen LogP contribution < -0.4 is 10.6 Å². The first-order valence-electron chi connectivity index (χ1n) is 9.90. The molecule has 0 aliphatic carbocycles. The molecule has 0 saturated carbocycles. The van der Waals surface area contributed by atoms with Crippen molar-refractivity contribution in [3.8, 4) is 11.3 Å². The van der Waals surface area contributed by atoms with E-state index in [0.29, 0.717) is 13.0 Å². The maximum Gasteiger partial charge on any atom is 0.220 e. The number of aliphatic imine (C=N–C) groups is 1. The van der Waals surface area contributed by atoms with Crippen LogP contribution in [0, 0.1) is 5.41 Å². The Kier molecular flexibility index (Phi) is 7.10. The normalized spacial score (nSPS) is 21.6. The fourth-order valence-corrected chi connectivity index (χ4v) is 4.32. The monoisotopic (exact) mass is 505 g/mol. The van der Waals surface area contributed by atoms with Crippen LogP contribution in [0.15, 0.2) is 53.7 Å². The van der Waals surface area contributed by atoms with E-state index in [4.69, 9.17) is 0 Å². The van der Waals surface area contributed by atoms with E-state index in [1.54, 1.807) is 0 Å². The van der Waals surface area contributed by atoms with Gasteiger partial charge in [-0.3, -0.25) is 14.8 Å². The van der Waals surface area contributed by atoms with Gasteiger partial charge in [0.2, 0.25) is 5.91 Å². The first kappa shape index (κ1) is 21.5. The van der Waals surface area contributed by atoms with Crippen molar-refractivity contribution in [1.82, 2.24) is 20.5 Å². The fraction of sp³-hybridized carbons (Fsp3) is 0.409. The fourth-order valence-electron chi connectivity index (χ4n) is 4.32. The average molecular weight is 505 g/mol. The van der Waals surface area contributed by atoms with Crippen molar-refractivity contribution in [3.63, 3.8) is 0 Å². The van der Waals surface area contributed by atoms with Gasteiger partial charge in [-0.1, -0.05) is 24.3 Å². The second kappa shape index (κ2) is 9.56. The molecule has 2 aromatic rings. The molecule has 1 aromatic heterocycles. The van der Waals surface area contributed by atoms with E-state index >= 15 is 0 Å². The lowest BCUT2D eigenvalue weighted by Gasteiger charge is -2.40. The summed E-state index contributed by atoms with van der Waals surface area (Å²) in [5.74, 6) is 1.08. The van der Waals surface area contributed by atoms with E-state index in [0.717, 1.165) is 49.7 Å². The molecule has 2 N–H and O–H groups in total. The number of carbonyl (C=O) groups excluding carboxylic acids is 1. The van der Waals surface area contributed by atoms with Crippen LogP contribution in [0.1, 0.15) is 24.8 Å². The smallest absolute Gasteiger partial charge is 0.220 e. The predicted octanol–water partition coefficient (Wildman–Crippen LogP) is 3.04. The molecule has 154 valence electrons. The zero-order valence-electron chi connectivity index (χ0n) is 16.7. The van der Waals surface area contributed by atoms with Crippen molar-refractivity contribution >= 4 is 35.8 Å². The second-order valence-corrected chi connectivity index (χ2v) is 7.79. The number of guanidine groups is 1. The zero-order chi connectivity index (χ0) is 19.4. The molecule has 2 fully saturated rings. The van der Waals surface area contributed by atoms with Gasteiger partial charge in [-0.15, -0.1) is 24.0 Å². The van der Waals surface area contributed by atoms with Gasteiger partial charge in [-0.25, -0.2) is 0 Å². The van der Waals surface area contributed by atoms with E-state index in [2.05, 4.69) is 49.8 Å². The number of hydrogen-bond acceptors (Lipinski definition) is 3. The molecule has 7 heteroatoms. The molecule has 1 aromatic carbocycles. The Hall–Kier alpha value is -2.16. The van der Waals surface area contributed by atoms with Crippen LogP contribution in [0.5, 0.6) is 0 Å². The molecule has 1 spiro atoms. The maximum absolute atomic E-state index is 11.7. The van der Waals surface area contributed by atoms with Crippen molar-refractivity contribution in [2.45, 2.75) is 25.8 Å². The summed E-state index contributed by atoms with van der Waals surface area (Å²) < 4.78 is 0. The number of rotatable bonds is 3. The SMILES string of the molecule is CN=C(NCc1cccc(-c2ccccn2)c1)N1CCCC2(CNC(=O)C2)C1.I. The summed E-state index contributed by atoms with van der Waals surface area (Å²) >= 11 is 0. The van der Waals surface area contributed by atoms with Crippen LogP contribution in [0.3, 0.4) is 0 Å². The van der Waals surface area contributed by atoms with E-state index < -0.39 is 0 Å². The predicted molar refractivity (Wildman–Crippen MR) is 126 cm³/mol. The molecule has 3 heterocycles. The summed E-state index contributed by atoms with van der Waals surface area (Å²) in [6.07, 6.45) is 4.64. The standard InChI is InChI=1S/C22H27N5O.HI/c1-23-21(27-11-5-9-22(16-27)13-20(28)26-15-22)25-14-17-6-4-7-18(12-17)19-8-2-3-10-24-19;/h2-4,6-8,10,12H,5,9,11,13-16H2,1H3,(H,23,25)(H,26,28);1H. The van der Waals surface area contributed by atoms with Gasteiger partial charge < -0.3 is 15.5 Å². The Morgan fingerprint density at radius 2 is 2.21 bits per heavy atom. The van der Waals surface area contributed by atoms with Gasteiger partial charge in [0.15, 0.2) is 5.96 Å². The van der Waals surface area contributed by atoms with Gasteiger partial charge in [0, 0.05) is 56.8 Å². The lowest BCUT2D eigenvalue weighted by molar-refractivity contribution is -0.119. The van der Waals surface area contributed by atoms with Crippen LogP contribution in [0.4, 0.5) is 0 Å². The number of likely N-dealkylation sites (tertiary alicyclic amines) is 1. The van der Waals surface area contributed by atoms with Crippen LogP contribution in [-0.4, -0.2) is 48.4 Å². The number of nitrogens with one attached hydrogen (secondary N) is 2. The van der Waals surface area contributed by atoms with Crippen molar-refractivity contribution in [2.24, 2.45) is 10.4 Å². The van der Waals surface area contributed by atoms with Gasteiger partial charge in [-0.2, -0.15) is 0 Å². The third-order valence-electron chi connectivity index (χ3n) is 5.71. The molecule has 1 unspecified atom stereocenters. The molecule has 2 aliphatic heterocycles. The molecular weight excluding hydrogens is 477 g/mol. The quantitative estimate of drug-likeness (QED) is 0.383. The van der Waals surface area contributed by atoms with Crippen molar-refractivity contribution < 1.29 is 4.79 Å². The molecule has 0 radical (unpaired) electrons. The van der Waals surface area contributed by atoms with E-state index in [9.17, 15) is 4.79 Å². The third kappa shape index (κ3) is 5.07. The maximum atomic E-state index is 11.7. The largest absolute Gasteiger partial charge is 0.355 e. The summed E-state index contributed by atoms with van der Waals surface area (Å²) in [5, 5.41) is 6.51. The Balaban J connectivity index is 0.00000240. The highest BCUT2D eigenvalue weighted by molar-refractivity contribution is 14.0. The molecule has 2 aliphatic rings. The number of halogens is 1. The van der Waals surface area contributed by atoms with Gasteiger partial charge in [0.1, 0.15) is 0 Å². The van der Waals surface area contributed by atoms with Crippen LogP contribution >= 0.6 is 24.0 Å². The number of amides is 1. The average Bonchev–Trinajstić information content (AvgIpc) is 3.09. The highest BCUT2D eigenvalue weighted by Crippen LogP contribution is 2.36. The number of nitrogens with zero attached hydrogens (tertiary/aromatic N) is 3. The summed E-state index contributed by atoms with van der Waals surface area (Å²) in [4.78, 5) is 23.0. The van der Waals surface area contributed by atoms with Gasteiger partial charge in [-0.05, 0) is 36.6 Å². The van der Waals surface area contributed by atoms with E-state index in [1.807, 2.05) is 31.4 Å². The highest BCUT2D eigenvalue weighted by Gasteiger charge is 2.42. The summed E-state index contributed by atoms with van der Waals surface area (Å²) in [5.41, 5.74) is 3.34. The second-order valence-electron chi connectivity index (χ2n) is 7.79. The number of pyridine rings is 1. The van der Waals surface area contributed by atoms with Crippen LogP contribution in [0.25, 0.3) is 11.3 Å². The third-order valence-corrected chi connectivity index (χ3v) is 5.71. The Labute approximate surface area is 189 Å². The Morgan fingerprint density at radius 1 is 1.31 bits per heavy atom. The zero-order valence-corrected chi connectivity index (χ0v) is 19.1. The van der Waals surface area contributed by atoms with Crippen molar-refractivity contribution in [1.29, 1.82) is 0 Å². The molecule has 4 rings (SSSR count). The first-order chi connectivity index (χ1) is 13.7. The Bertz CT molecular complexity index is 873. The topological polar surface area (TPSA) is 69.6 Å². The van der Waals surface area contributed by atoms with Crippen LogP contribution in [0.2, 0.25) is 0 Å². The number of aromatic nitrogens is 1. The Morgan fingerprint density at radius 3 is 2.93 bits per heavy atom. The number of piperidine rings is 1. The summed E-state index contributed by atoms with van der Waals surface area (Å²) in [6, 6.07) is 14.4. The molecule has 0 bridgehead atoms. The molecule has 1 atom stereocenters. The molecule has 6 nitrogen and oxygen atoms in total. The molecule has 29 heavy (non-hydrogen) atoms. The van der Waals surface area contributed by atoms with Gasteiger partial charge in [0.05, 0.1) is 5.69 Å². The van der Waals surface area contributed by atoms with Crippen molar-refractivity contribution in [2.75, 3.05) is 26.7 Å². The minimum atomic E-state index is 0. The van der Waals surface area contributed by atoms with Gasteiger partial charge >= 0.3 is 0 Å². The van der Waals surface area contributed by atoms with Gasteiger partial charge in [0.25, 0.3) is 0 Å². The minimum absolute atomic E-state index is 0. The van der Waals surface area contributed by atoms with E-state index in [-0.39, 0.29) is 35.3 Å². The summed E-state index contributed by atoms with van der Waals surface area (Å²) in [7, 11) is 1.83. The molecule has 1 amide bonds. The lowest BCUT2D eigenvalue weighted by Crippen LogP contribution is -2.51. The van der Waals surface area contributed by atoms with Crippen molar-refractivity contribution in [3.05, 3.63) is 54.2 Å². The number of benzene rings is 1. The highest BCUT2D eigenvalue weighted by atomic mass is 127. The molecule has 2 saturated heterocycles. The number of hydrogen-bond donors (Lipinski definition) is 2. The molecular formula is C22H28IN5O. The van der Waals surface area contributed by atoms with E-state index in [1.165, 1.54) is 5.56 Å². The first-order valence-corrected chi connectivity index (χ1v) is 9.90. The lowest BCUT2D eigenvalue weighted by atomic mass is 9.79. The minimum Gasteiger partial charge on any atom is -0.355 e. The van der Waals surface area contributed by atoms with Crippen LogP contribution in [-0.2, 0) is 11.3 Å².